The maximum absolute atomic E-state index is 5.41. The largest absolute Gasteiger partial charge is 0.308 e. The van der Waals surface area contributed by atoms with Crippen molar-refractivity contribution < 1.29 is 0 Å². The van der Waals surface area contributed by atoms with Crippen molar-refractivity contribution in [2.45, 2.75) is 19.3 Å². The molecule has 0 saturated carbocycles. The highest BCUT2D eigenvalue weighted by Gasteiger charge is 2.37. The topological polar surface area (TPSA) is 30.7 Å². The molecule has 0 aliphatic heterocycles. The van der Waals surface area contributed by atoms with Gasteiger partial charge in [-0.25, -0.2) is 9.97 Å². The first-order chi connectivity index (χ1) is 23.1. The van der Waals surface area contributed by atoms with E-state index in [-0.39, 0.29) is 5.41 Å². The molecule has 47 heavy (non-hydrogen) atoms. The molecule has 0 bridgehead atoms. The van der Waals surface area contributed by atoms with Crippen LogP contribution in [0.1, 0.15) is 25.0 Å². The fraction of sp³-hybridized carbons (Fsp3) is 0.0698. The maximum Gasteiger partial charge on any atom is 0.161 e. The van der Waals surface area contributed by atoms with Crippen LogP contribution in [-0.4, -0.2) is 14.5 Å². The fourth-order valence-electron chi connectivity index (χ4n) is 7.90. The van der Waals surface area contributed by atoms with Gasteiger partial charge in [0.05, 0.1) is 22.4 Å². The minimum atomic E-state index is -0.0973. The molecule has 0 unspecified atom stereocenters. The Morgan fingerprint density at radius 1 is 0.574 bits per heavy atom. The SMILES string of the molecule is CC1(C)c2ccccc2-c2c1ccc1c3ccccc3n(-c3ccccc3-c3nc(-c4ccccc4)nc4sc5ccccc5c34)c21. The number of hydrogen-bond donors (Lipinski definition) is 0. The molecule has 0 fully saturated rings. The Labute approximate surface area is 276 Å². The van der Waals surface area contributed by atoms with Gasteiger partial charge in [0.15, 0.2) is 5.82 Å². The summed E-state index contributed by atoms with van der Waals surface area (Å²) >= 11 is 1.74. The van der Waals surface area contributed by atoms with Gasteiger partial charge in [-0.3, -0.25) is 0 Å². The first-order valence-corrected chi connectivity index (χ1v) is 16.9. The normalized spacial score (nSPS) is 13.5. The summed E-state index contributed by atoms with van der Waals surface area (Å²) in [6, 6.07) is 50.2. The van der Waals surface area contributed by atoms with Gasteiger partial charge in [0.25, 0.3) is 0 Å². The monoisotopic (exact) mass is 619 g/mol. The van der Waals surface area contributed by atoms with E-state index in [1.54, 1.807) is 11.3 Å². The van der Waals surface area contributed by atoms with Gasteiger partial charge in [-0.1, -0.05) is 135 Å². The van der Waals surface area contributed by atoms with Gasteiger partial charge in [-0.15, -0.1) is 11.3 Å². The van der Waals surface area contributed by atoms with Crippen LogP contribution in [0.25, 0.3) is 81.6 Å². The second-order valence-electron chi connectivity index (χ2n) is 13.0. The second kappa shape index (κ2) is 9.71. The predicted octanol–water partition coefficient (Wildman–Crippen LogP) is 11.6. The summed E-state index contributed by atoms with van der Waals surface area (Å²) in [7, 11) is 0. The Hall–Kier alpha value is -5.58. The average molecular weight is 620 g/mol. The summed E-state index contributed by atoms with van der Waals surface area (Å²) in [6.45, 7) is 4.71. The first kappa shape index (κ1) is 26.6. The number of rotatable bonds is 3. The third-order valence-electron chi connectivity index (χ3n) is 10.1. The van der Waals surface area contributed by atoms with E-state index in [2.05, 4.69) is 152 Å². The predicted molar refractivity (Wildman–Crippen MR) is 198 cm³/mol. The standard InChI is InChI=1S/C43H29N3S/c1-43(2)32-20-10-6-17-29(32)37-33(43)25-24-28-27-16-7-11-21-34(27)46(40(28)37)35-22-12-8-18-30(35)39-38-31-19-9-13-23-36(31)47-42(38)45-41(44-39)26-14-4-3-5-15-26/h3-25H,1-2H3. The summed E-state index contributed by atoms with van der Waals surface area (Å²) in [4.78, 5) is 11.6. The van der Waals surface area contributed by atoms with Crippen LogP contribution >= 0.6 is 11.3 Å². The fourth-order valence-corrected chi connectivity index (χ4v) is 8.97. The molecule has 3 nitrogen and oxygen atoms in total. The van der Waals surface area contributed by atoms with Gasteiger partial charge in [0, 0.05) is 48.4 Å². The molecular weight excluding hydrogens is 591 g/mol. The number of thiophene rings is 1. The van der Waals surface area contributed by atoms with Crippen molar-refractivity contribution in [1.82, 2.24) is 14.5 Å². The van der Waals surface area contributed by atoms with E-state index in [4.69, 9.17) is 9.97 Å². The van der Waals surface area contributed by atoms with Crippen molar-refractivity contribution in [3.8, 4) is 39.5 Å². The van der Waals surface area contributed by atoms with E-state index in [1.165, 1.54) is 54.1 Å². The molecule has 0 saturated heterocycles. The lowest BCUT2D eigenvalue weighted by atomic mass is 9.82. The highest BCUT2D eigenvalue weighted by atomic mass is 32.1. The number of hydrogen-bond acceptors (Lipinski definition) is 3. The van der Waals surface area contributed by atoms with Gasteiger partial charge < -0.3 is 4.57 Å². The molecule has 0 radical (unpaired) electrons. The van der Waals surface area contributed by atoms with Gasteiger partial charge in [-0.2, -0.15) is 0 Å². The molecule has 6 aromatic carbocycles. The van der Waals surface area contributed by atoms with Gasteiger partial charge in [0.2, 0.25) is 0 Å². The third kappa shape index (κ3) is 3.67. The van der Waals surface area contributed by atoms with Crippen molar-refractivity contribution >= 4 is 53.4 Å². The lowest BCUT2D eigenvalue weighted by Gasteiger charge is -2.21. The van der Waals surface area contributed by atoms with Crippen molar-refractivity contribution in [1.29, 1.82) is 0 Å². The minimum Gasteiger partial charge on any atom is -0.308 e. The Morgan fingerprint density at radius 2 is 1.28 bits per heavy atom. The molecule has 0 N–H and O–H groups in total. The highest BCUT2D eigenvalue weighted by Crippen LogP contribution is 2.53. The number of benzene rings is 6. The van der Waals surface area contributed by atoms with Crippen LogP contribution in [0.15, 0.2) is 140 Å². The Kier molecular flexibility index (Phi) is 5.50. The number of aromatic nitrogens is 3. The molecule has 10 rings (SSSR count). The summed E-state index contributed by atoms with van der Waals surface area (Å²) in [6.07, 6.45) is 0. The summed E-state index contributed by atoms with van der Waals surface area (Å²) in [5.74, 6) is 0.744. The minimum absolute atomic E-state index is 0.0973. The summed E-state index contributed by atoms with van der Waals surface area (Å²) in [5.41, 5.74) is 11.9. The van der Waals surface area contributed by atoms with Crippen molar-refractivity contribution in [3.05, 3.63) is 151 Å². The lowest BCUT2D eigenvalue weighted by Crippen LogP contribution is -2.14. The zero-order valence-corrected chi connectivity index (χ0v) is 26.8. The zero-order chi connectivity index (χ0) is 31.3. The molecule has 0 atom stereocenters. The quantitative estimate of drug-likeness (QED) is 0.197. The van der Waals surface area contributed by atoms with Crippen LogP contribution in [0.5, 0.6) is 0 Å². The molecule has 1 aliphatic carbocycles. The highest BCUT2D eigenvalue weighted by molar-refractivity contribution is 7.25. The molecule has 9 aromatic rings. The molecular formula is C43H29N3S. The molecule has 0 amide bonds. The van der Waals surface area contributed by atoms with E-state index in [9.17, 15) is 0 Å². The molecule has 0 spiro atoms. The van der Waals surface area contributed by atoms with E-state index in [0.717, 1.165) is 38.5 Å². The zero-order valence-electron chi connectivity index (χ0n) is 26.0. The van der Waals surface area contributed by atoms with E-state index >= 15 is 0 Å². The first-order valence-electron chi connectivity index (χ1n) is 16.1. The molecule has 3 heterocycles. The smallest absolute Gasteiger partial charge is 0.161 e. The van der Waals surface area contributed by atoms with Crippen LogP contribution < -0.4 is 0 Å². The molecule has 1 aliphatic rings. The summed E-state index contributed by atoms with van der Waals surface area (Å²) in [5, 5.41) is 4.81. The van der Waals surface area contributed by atoms with Crippen molar-refractivity contribution in [2.24, 2.45) is 0 Å². The van der Waals surface area contributed by atoms with Crippen molar-refractivity contribution in [3.63, 3.8) is 0 Å². The van der Waals surface area contributed by atoms with E-state index < -0.39 is 0 Å². The van der Waals surface area contributed by atoms with Crippen molar-refractivity contribution in [2.75, 3.05) is 0 Å². The van der Waals surface area contributed by atoms with Gasteiger partial charge in [0.1, 0.15) is 4.83 Å². The van der Waals surface area contributed by atoms with E-state index in [1.807, 2.05) is 6.07 Å². The Bertz CT molecular complexity index is 2710. The van der Waals surface area contributed by atoms with Crippen LogP contribution in [-0.2, 0) is 5.41 Å². The van der Waals surface area contributed by atoms with Gasteiger partial charge >= 0.3 is 0 Å². The second-order valence-corrected chi connectivity index (χ2v) is 14.0. The molecule has 222 valence electrons. The molecule has 3 aromatic heterocycles. The number of para-hydroxylation sites is 2. The van der Waals surface area contributed by atoms with Crippen LogP contribution in [0.2, 0.25) is 0 Å². The Balaban J connectivity index is 1.36. The number of nitrogens with zero attached hydrogens (tertiary/aromatic N) is 3. The van der Waals surface area contributed by atoms with E-state index in [0.29, 0.717) is 0 Å². The maximum atomic E-state index is 5.41. The van der Waals surface area contributed by atoms with Gasteiger partial charge in [-0.05, 0) is 34.9 Å². The van der Waals surface area contributed by atoms with Crippen LogP contribution in [0, 0.1) is 0 Å². The number of fused-ring (bicyclic) bond motifs is 10. The average Bonchev–Trinajstić information content (AvgIpc) is 3.74. The van der Waals surface area contributed by atoms with Crippen LogP contribution in [0.4, 0.5) is 0 Å². The third-order valence-corrected chi connectivity index (χ3v) is 11.1. The lowest BCUT2D eigenvalue weighted by molar-refractivity contribution is 0.661. The molecule has 4 heteroatoms. The van der Waals surface area contributed by atoms with Crippen LogP contribution in [0.3, 0.4) is 0 Å². The summed E-state index contributed by atoms with van der Waals surface area (Å²) < 4.78 is 3.72. The Morgan fingerprint density at radius 3 is 2.15 bits per heavy atom.